The number of isocyanates is 4. The predicted octanol–water partition coefficient (Wildman–Crippen LogP) is 1.98. The molecule has 2 aliphatic carbocycles. The molecule has 0 unspecified atom stereocenters. The van der Waals surface area contributed by atoms with Gasteiger partial charge in [0.15, 0.2) is 0 Å². The lowest BCUT2D eigenvalue weighted by Crippen LogP contribution is -2.44. The Hall–Kier alpha value is -4.25. The minimum Gasteiger partial charge on any atom is -0.308 e. The Labute approximate surface area is 183 Å². The van der Waals surface area contributed by atoms with Gasteiger partial charge in [-0.15, -0.1) is 0 Å². The molecule has 0 atom stereocenters. The average Bonchev–Trinajstić information content (AvgIpc) is 2.69. The van der Waals surface area contributed by atoms with Gasteiger partial charge in [-0.2, -0.15) is 20.0 Å². The minimum absolute atomic E-state index is 0.198. The van der Waals surface area contributed by atoms with Crippen molar-refractivity contribution < 1.29 is 24.0 Å². The second-order valence-corrected chi connectivity index (χ2v) is 8.15. The van der Waals surface area contributed by atoms with Crippen LogP contribution in [-0.2, 0) is 19.2 Å². The van der Waals surface area contributed by atoms with E-state index in [9.17, 15) is 24.0 Å². The van der Waals surface area contributed by atoms with Crippen molar-refractivity contribution in [2.24, 2.45) is 30.8 Å². The Bertz CT molecular complexity index is 1010. The molecule has 0 aromatic heterocycles. The molecule has 0 radical (unpaired) electrons. The number of carbonyl (C=O) groups is 1. The van der Waals surface area contributed by atoms with Crippen LogP contribution in [0.25, 0.3) is 0 Å². The summed E-state index contributed by atoms with van der Waals surface area (Å²) in [4.78, 5) is 70.9. The Kier molecular flexibility index (Phi) is 6.65. The maximum atomic E-state index is 12.6. The Morgan fingerprint density at radius 2 is 1.00 bits per heavy atom. The summed E-state index contributed by atoms with van der Waals surface area (Å²) >= 11 is 0. The van der Waals surface area contributed by atoms with Gasteiger partial charge in [-0.1, -0.05) is 39.8 Å². The standard InChI is InChI=1S/C21H20N6O5/c1-18(2)7-5-15(9-20(18,22-11-28)23-12-29)26-17(32)27-16-6-8-19(3,4)21(10-16,24-13-30)25-14-31/h5-10H,1-4H3,(H2,26,27,32). The third kappa shape index (κ3) is 4.42. The molecule has 0 saturated heterocycles. The van der Waals surface area contributed by atoms with E-state index in [4.69, 9.17) is 0 Å². The molecule has 2 amide bonds. The zero-order valence-electron chi connectivity index (χ0n) is 17.8. The second kappa shape index (κ2) is 8.86. The van der Waals surface area contributed by atoms with E-state index in [0.717, 1.165) is 0 Å². The number of hydrogen-bond acceptors (Lipinski definition) is 9. The van der Waals surface area contributed by atoms with Crippen LogP contribution >= 0.6 is 0 Å². The lowest BCUT2D eigenvalue weighted by Gasteiger charge is -2.37. The third-order valence-electron chi connectivity index (χ3n) is 5.35. The zero-order valence-corrected chi connectivity index (χ0v) is 17.8. The summed E-state index contributed by atoms with van der Waals surface area (Å²) in [6, 6.07) is -0.714. The van der Waals surface area contributed by atoms with Gasteiger partial charge in [0.2, 0.25) is 35.6 Å². The summed E-state index contributed by atoms with van der Waals surface area (Å²) in [5.74, 6) is 0. The maximum absolute atomic E-state index is 12.6. The molecule has 0 heterocycles. The number of hydrogen-bond donors (Lipinski definition) is 2. The molecule has 0 spiro atoms. The van der Waals surface area contributed by atoms with Gasteiger partial charge in [-0.25, -0.2) is 24.0 Å². The smallest absolute Gasteiger partial charge is 0.308 e. The lowest BCUT2D eigenvalue weighted by molar-refractivity contribution is 0.244. The van der Waals surface area contributed by atoms with Gasteiger partial charge in [0.25, 0.3) is 0 Å². The molecule has 0 aliphatic heterocycles. The SMILES string of the molecule is CC1(C)C=CC(NC(=O)NC2=CC(N=C=O)(N=C=O)C(C)(C)C=C2)=CC1(N=C=O)N=C=O. The first kappa shape index (κ1) is 24.0. The van der Waals surface area contributed by atoms with Gasteiger partial charge in [0, 0.05) is 22.2 Å². The van der Waals surface area contributed by atoms with E-state index in [1.807, 2.05) is 0 Å². The molecular weight excluding hydrogens is 416 g/mol. The van der Waals surface area contributed by atoms with Crippen LogP contribution in [0.1, 0.15) is 27.7 Å². The van der Waals surface area contributed by atoms with Crippen molar-refractivity contribution in [1.29, 1.82) is 0 Å². The fourth-order valence-corrected chi connectivity index (χ4v) is 3.23. The average molecular weight is 436 g/mol. The molecule has 0 aromatic rings. The molecule has 0 aromatic carbocycles. The van der Waals surface area contributed by atoms with Gasteiger partial charge < -0.3 is 10.6 Å². The first-order valence-electron chi connectivity index (χ1n) is 9.29. The maximum Gasteiger partial charge on any atom is 0.323 e. The van der Waals surface area contributed by atoms with Crippen molar-refractivity contribution in [3.8, 4) is 0 Å². The highest BCUT2D eigenvalue weighted by Crippen LogP contribution is 2.42. The van der Waals surface area contributed by atoms with Crippen molar-refractivity contribution in [1.82, 2.24) is 10.6 Å². The first-order valence-corrected chi connectivity index (χ1v) is 9.29. The summed E-state index contributed by atoms with van der Waals surface area (Å²) in [6.45, 7) is 6.77. The number of rotatable bonds is 6. The number of nitrogens with one attached hydrogen (secondary N) is 2. The molecule has 11 nitrogen and oxygen atoms in total. The first-order chi connectivity index (χ1) is 15.0. The topological polar surface area (TPSA) is 159 Å². The van der Waals surface area contributed by atoms with E-state index >= 15 is 0 Å². The fourth-order valence-electron chi connectivity index (χ4n) is 3.23. The largest absolute Gasteiger partial charge is 0.323 e. The van der Waals surface area contributed by atoms with E-state index in [2.05, 4.69) is 30.6 Å². The van der Waals surface area contributed by atoms with Crippen LogP contribution in [0.3, 0.4) is 0 Å². The van der Waals surface area contributed by atoms with Gasteiger partial charge >= 0.3 is 6.03 Å². The summed E-state index contributed by atoms with van der Waals surface area (Å²) in [7, 11) is 0. The quantitative estimate of drug-likeness (QED) is 0.480. The molecule has 2 aliphatic rings. The number of allylic oxidation sites excluding steroid dienone is 2. The lowest BCUT2D eigenvalue weighted by atomic mass is 9.75. The Morgan fingerprint density at radius 1 is 0.688 bits per heavy atom. The molecule has 0 saturated carbocycles. The van der Waals surface area contributed by atoms with E-state index in [0.29, 0.717) is 0 Å². The minimum atomic E-state index is -1.63. The van der Waals surface area contributed by atoms with E-state index in [-0.39, 0.29) is 11.4 Å². The van der Waals surface area contributed by atoms with E-state index in [1.54, 1.807) is 52.0 Å². The molecule has 2 rings (SSSR count). The van der Waals surface area contributed by atoms with Crippen LogP contribution in [0.5, 0.6) is 0 Å². The summed E-state index contributed by atoms with van der Waals surface area (Å²) in [5.41, 5.74) is -4.61. The molecule has 2 N–H and O–H groups in total. The number of amides is 2. The molecule has 11 heteroatoms. The number of nitrogens with zero attached hydrogens (tertiary/aromatic N) is 4. The fraction of sp³-hybridized carbons (Fsp3) is 0.381. The number of carbonyl (C=O) groups excluding carboxylic acids is 5. The van der Waals surface area contributed by atoms with Crippen LogP contribution in [-0.4, -0.2) is 41.7 Å². The molecule has 164 valence electrons. The summed E-state index contributed by atoms with van der Waals surface area (Å²) < 4.78 is 0. The number of aliphatic imine (C=N–C) groups is 4. The van der Waals surface area contributed by atoms with E-state index < -0.39 is 28.2 Å². The van der Waals surface area contributed by atoms with Crippen molar-refractivity contribution >= 4 is 30.4 Å². The van der Waals surface area contributed by atoms with Gasteiger partial charge in [-0.05, 0) is 24.3 Å². The molecule has 0 bridgehead atoms. The van der Waals surface area contributed by atoms with Gasteiger partial charge in [-0.3, -0.25) is 0 Å². The van der Waals surface area contributed by atoms with Crippen LogP contribution in [0.15, 0.2) is 67.8 Å². The zero-order chi connectivity index (χ0) is 24.0. The van der Waals surface area contributed by atoms with Gasteiger partial charge in [0.05, 0.1) is 0 Å². The highest BCUT2D eigenvalue weighted by atomic mass is 16.2. The second-order valence-electron chi connectivity index (χ2n) is 8.15. The van der Waals surface area contributed by atoms with E-state index in [1.165, 1.54) is 36.5 Å². The monoisotopic (exact) mass is 436 g/mol. The van der Waals surface area contributed by atoms with Crippen molar-refractivity contribution in [3.05, 3.63) is 47.9 Å². The predicted molar refractivity (Wildman–Crippen MR) is 112 cm³/mol. The van der Waals surface area contributed by atoms with Crippen molar-refractivity contribution in [2.45, 2.75) is 39.0 Å². The van der Waals surface area contributed by atoms with Crippen molar-refractivity contribution in [3.63, 3.8) is 0 Å². The highest BCUT2D eigenvalue weighted by Gasteiger charge is 2.46. The highest BCUT2D eigenvalue weighted by molar-refractivity contribution is 5.79. The third-order valence-corrected chi connectivity index (χ3v) is 5.35. The van der Waals surface area contributed by atoms with Gasteiger partial charge in [0.1, 0.15) is 0 Å². The molecular formula is C21H20N6O5. The van der Waals surface area contributed by atoms with Crippen LogP contribution in [0, 0.1) is 10.8 Å². The van der Waals surface area contributed by atoms with Crippen LogP contribution in [0.2, 0.25) is 0 Å². The molecule has 0 fully saturated rings. The molecule has 32 heavy (non-hydrogen) atoms. The number of urea groups is 1. The normalized spacial score (nSPS) is 26.5. The Morgan fingerprint density at radius 3 is 1.28 bits per heavy atom. The summed E-state index contributed by atoms with van der Waals surface area (Å²) in [6.07, 6.45) is 14.6. The van der Waals surface area contributed by atoms with Crippen molar-refractivity contribution in [2.75, 3.05) is 0 Å². The summed E-state index contributed by atoms with van der Waals surface area (Å²) in [5, 5.41) is 5.08. The Balaban J connectivity index is 2.34. The van der Waals surface area contributed by atoms with Crippen LogP contribution < -0.4 is 10.6 Å². The van der Waals surface area contributed by atoms with Crippen LogP contribution in [0.4, 0.5) is 4.79 Å².